The Kier molecular flexibility index (Phi) is 6.75. The van der Waals surface area contributed by atoms with Gasteiger partial charge in [-0.2, -0.15) is 0 Å². The van der Waals surface area contributed by atoms with Crippen LogP contribution in [-0.4, -0.2) is 42.5 Å². The van der Waals surface area contributed by atoms with Crippen LogP contribution in [0.1, 0.15) is 39.9 Å². The molecule has 0 unspecified atom stereocenters. The summed E-state index contributed by atoms with van der Waals surface area (Å²) in [6.07, 6.45) is 2.28. The van der Waals surface area contributed by atoms with E-state index in [2.05, 4.69) is 31.0 Å². The van der Waals surface area contributed by atoms with Crippen molar-refractivity contribution in [1.82, 2.24) is 30.3 Å². The van der Waals surface area contributed by atoms with E-state index in [9.17, 15) is 9.59 Å². The molecule has 0 saturated heterocycles. The van der Waals surface area contributed by atoms with E-state index in [0.717, 1.165) is 17.8 Å². The molecule has 2 heterocycles. The number of anilines is 1. The van der Waals surface area contributed by atoms with Crippen LogP contribution in [0.25, 0.3) is 0 Å². The molecule has 13 heteroatoms. The lowest BCUT2D eigenvalue weighted by atomic mass is 10.2. The molecule has 0 bridgehead atoms. The molecule has 0 aliphatic heterocycles. The average molecular weight is 498 g/mol. The fraction of sp³-hybridized carbons (Fsp3) is 0.333. The molecule has 162 valence electrons. The van der Waals surface area contributed by atoms with E-state index >= 15 is 0 Å². The molecule has 0 spiro atoms. The second-order valence-electron chi connectivity index (χ2n) is 6.83. The number of thioether (sulfide) groups is 1. The maximum absolute atomic E-state index is 12.3. The Labute approximate surface area is 195 Å². The Morgan fingerprint density at radius 1 is 1.19 bits per heavy atom. The Bertz CT molecular complexity index is 1130. The highest BCUT2D eigenvalue weighted by Gasteiger charge is 2.27. The minimum atomic E-state index is -0.308. The standard InChI is InChI=1S/C18H17Cl2N7O2S2/c1-27-13(7-21-15(29)10-4-5-11(19)12(20)6-10)23-26-18(27)30-8-14(28)22-17-25-24-16(31-17)9-2-3-9/h4-6,9H,2-3,7-8H2,1H3,(H,21,29)(H,22,25,28). The van der Waals surface area contributed by atoms with Crippen molar-refractivity contribution in [1.29, 1.82) is 0 Å². The van der Waals surface area contributed by atoms with Crippen LogP contribution in [0.4, 0.5) is 5.13 Å². The molecule has 31 heavy (non-hydrogen) atoms. The third-order valence-electron chi connectivity index (χ3n) is 4.46. The van der Waals surface area contributed by atoms with Gasteiger partial charge in [-0.3, -0.25) is 14.9 Å². The van der Waals surface area contributed by atoms with E-state index < -0.39 is 0 Å². The second kappa shape index (κ2) is 9.51. The van der Waals surface area contributed by atoms with Gasteiger partial charge in [0.05, 0.1) is 22.3 Å². The van der Waals surface area contributed by atoms with E-state index in [-0.39, 0.29) is 24.1 Å². The lowest BCUT2D eigenvalue weighted by Crippen LogP contribution is -2.24. The first kappa shape index (κ1) is 22.0. The molecular weight excluding hydrogens is 481 g/mol. The number of halogens is 2. The summed E-state index contributed by atoms with van der Waals surface area (Å²) in [5, 5.41) is 24.5. The number of hydrogen-bond acceptors (Lipinski definition) is 8. The maximum Gasteiger partial charge on any atom is 0.251 e. The zero-order valence-electron chi connectivity index (χ0n) is 16.3. The first-order chi connectivity index (χ1) is 14.9. The first-order valence-corrected chi connectivity index (χ1v) is 11.8. The fourth-order valence-electron chi connectivity index (χ4n) is 2.59. The van der Waals surface area contributed by atoms with Gasteiger partial charge in [-0.1, -0.05) is 46.3 Å². The Morgan fingerprint density at radius 2 is 2.00 bits per heavy atom. The monoisotopic (exact) mass is 497 g/mol. The van der Waals surface area contributed by atoms with Crippen molar-refractivity contribution in [3.05, 3.63) is 44.6 Å². The van der Waals surface area contributed by atoms with Gasteiger partial charge in [0, 0.05) is 18.5 Å². The van der Waals surface area contributed by atoms with Crippen molar-refractivity contribution in [2.45, 2.75) is 30.5 Å². The topological polar surface area (TPSA) is 115 Å². The molecule has 9 nitrogen and oxygen atoms in total. The van der Waals surface area contributed by atoms with Crippen molar-refractivity contribution in [2.24, 2.45) is 7.05 Å². The van der Waals surface area contributed by atoms with E-state index in [1.54, 1.807) is 23.7 Å². The number of hydrogen-bond donors (Lipinski definition) is 2. The molecule has 2 amide bonds. The number of benzene rings is 1. The van der Waals surface area contributed by atoms with E-state index in [0.29, 0.717) is 37.6 Å². The quantitative estimate of drug-likeness (QED) is 0.457. The molecule has 1 aliphatic carbocycles. The van der Waals surface area contributed by atoms with Crippen LogP contribution >= 0.6 is 46.3 Å². The van der Waals surface area contributed by atoms with Gasteiger partial charge in [0.25, 0.3) is 5.91 Å². The molecule has 2 N–H and O–H groups in total. The minimum absolute atomic E-state index is 0.153. The Hall–Kier alpha value is -2.21. The number of nitrogens with zero attached hydrogens (tertiary/aromatic N) is 5. The summed E-state index contributed by atoms with van der Waals surface area (Å²) >= 11 is 14.5. The summed E-state index contributed by atoms with van der Waals surface area (Å²) in [4.78, 5) is 24.5. The van der Waals surface area contributed by atoms with Crippen LogP contribution in [0, 0.1) is 0 Å². The van der Waals surface area contributed by atoms with Crippen LogP contribution in [0.2, 0.25) is 10.0 Å². The predicted molar refractivity (Wildman–Crippen MR) is 120 cm³/mol. The SMILES string of the molecule is Cn1c(CNC(=O)c2ccc(Cl)c(Cl)c2)nnc1SCC(=O)Nc1nnc(C2CC2)s1. The number of aromatic nitrogens is 5. The van der Waals surface area contributed by atoms with Gasteiger partial charge in [0.15, 0.2) is 11.0 Å². The van der Waals surface area contributed by atoms with Gasteiger partial charge in [0.1, 0.15) is 5.01 Å². The predicted octanol–water partition coefficient (Wildman–Crippen LogP) is 3.51. The van der Waals surface area contributed by atoms with Crippen molar-refractivity contribution >= 4 is 63.2 Å². The lowest BCUT2D eigenvalue weighted by molar-refractivity contribution is -0.113. The number of nitrogens with one attached hydrogen (secondary N) is 2. The molecular formula is C18H17Cl2N7O2S2. The second-order valence-corrected chi connectivity index (χ2v) is 9.59. The van der Waals surface area contributed by atoms with Gasteiger partial charge >= 0.3 is 0 Å². The Morgan fingerprint density at radius 3 is 2.74 bits per heavy atom. The first-order valence-electron chi connectivity index (χ1n) is 9.28. The molecule has 0 atom stereocenters. The normalized spacial score (nSPS) is 13.3. The maximum atomic E-state index is 12.3. The zero-order valence-corrected chi connectivity index (χ0v) is 19.4. The van der Waals surface area contributed by atoms with E-state index in [1.807, 2.05) is 0 Å². The lowest BCUT2D eigenvalue weighted by Gasteiger charge is -2.07. The molecule has 0 radical (unpaired) electrons. The fourth-order valence-corrected chi connectivity index (χ4v) is 4.55. The average Bonchev–Trinajstić information content (AvgIpc) is 3.40. The zero-order chi connectivity index (χ0) is 22.0. The highest BCUT2D eigenvalue weighted by atomic mass is 35.5. The van der Waals surface area contributed by atoms with Crippen LogP contribution in [0.5, 0.6) is 0 Å². The summed E-state index contributed by atoms with van der Waals surface area (Å²) in [6.45, 7) is 0.171. The number of rotatable bonds is 8. The molecule has 3 aromatic rings. The number of amides is 2. The summed E-state index contributed by atoms with van der Waals surface area (Å²) < 4.78 is 1.73. The number of carbonyl (C=O) groups excluding carboxylic acids is 2. The van der Waals surface area contributed by atoms with Crippen LogP contribution in [-0.2, 0) is 18.4 Å². The van der Waals surface area contributed by atoms with Gasteiger partial charge in [-0.25, -0.2) is 0 Å². The van der Waals surface area contributed by atoms with Crippen LogP contribution in [0.3, 0.4) is 0 Å². The number of carbonyl (C=O) groups is 2. The minimum Gasteiger partial charge on any atom is -0.345 e. The smallest absolute Gasteiger partial charge is 0.251 e. The van der Waals surface area contributed by atoms with Gasteiger partial charge in [-0.05, 0) is 31.0 Å². The van der Waals surface area contributed by atoms with E-state index in [1.165, 1.54) is 29.2 Å². The summed E-state index contributed by atoms with van der Waals surface area (Å²) in [7, 11) is 1.77. The van der Waals surface area contributed by atoms with E-state index in [4.69, 9.17) is 23.2 Å². The van der Waals surface area contributed by atoms with Gasteiger partial charge in [0.2, 0.25) is 11.0 Å². The Balaban J connectivity index is 1.27. The van der Waals surface area contributed by atoms with Crippen LogP contribution in [0.15, 0.2) is 23.4 Å². The third-order valence-corrected chi connectivity index (χ3v) is 7.22. The molecule has 1 saturated carbocycles. The third kappa shape index (κ3) is 5.53. The van der Waals surface area contributed by atoms with Crippen molar-refractivity contribution < 1.29 is 9.59 Å². The summed E-state index contributed by atoms with van der Waals surface area (Å²) in [5.41, 5.74) is 0.393. The summed E-state index contributed by atoms with van der Waals surface area (Å²) in [6, 6.07) is 4.66. The van der Waals surface area contributed by atoms with Crippen LogP contribution < -0.4 is 10.6 Å². The summed E-state index contributed by atoms with van der Waals surface area (Å²) in [5.74, 6) is 0.708. The molecule has 4 rings (SSSR count). The molecule has 1 aromatic carbocycles. The molecule has 2 aromatic heterocycles. The van der Waals surface area contributed by atoms with Crippen molar-refractivity contribution in [2.75, 3.05) is 11.1 Å². The highest BCUT2D eigenvalue weighted by Crippen LogP contribution is 2.42. The van der Waals surface area contributed by atoms with Gasteiger partial charge in [-0.15, -0.1) is 20.4 Å². The highest BCUT2D eigenvalue weighted by molar-refractivity contribution is 7.99. The van der Waals surface area contributed by atoms with Crippen molar-refractivity contribution in [3.8, 4) is 0 Å². The van der Waals surface area contributed by atoms with Crippen molar-refractivity contribution in [3.63, 3.8) is 0 Å². The largest absolute Gasteiger partial charge is 0.345 e. The van der Waals surface area contributed by atoms with Gasteiger partial charge < -0.3 is 9.88 Å². The molecule has 1 fully saturated rings. The molecule has 1 aliphatic rings.